The van der Waals surface area contributed by atoms with Crippen molar-refractivity contribution in [2.24, 2.45) is 23.7 Å². The number of nitrogens with zero attached hydrogens (tertiary/aromatic N) is 1. The molecule has 4 aliphatic rings. The summed E-state index contributed by atoms with van der Waals surface area (Å²) in [7, 11) is 2.82. The highest BCUT2D eigenvalue weighted by Crippen LogP contribution is 2.64. The van der Waals surface area contributed by atoms with Gasteiger partial charge in [0.2, 0.25) is 17.6 Å². The Morgan fingerprint density at radius 1 is 0.811 bits per heavy atom. The largest absolute Gasteiger partial charge is 0.502 e. The van der Waals surface area contributed by atoms with Crippen molar-refractivity contribution in [3.63, 3.8) is 0 Å². The molecule has 1 saturated carbocycles. The van der Waals surface area contributed by atoms with Gasteiger partial charge in [-0.2, -0.15) is 0 Å². The van der Waals surface area contributed by atoms with E-state index in [4.69, 9.17) is 9.47 Å². The summed E-state index contributed by atoms with van der Waals surface area (Å²) in [6, 6.07) is 27.1. The molecule has 0 bridgehead atoms. The van der Waals surface area contributed by atoms with Gasteiger partial charge in [-0.15, -0.1) is 0 Å². The normalized spacial score (nSPS) is 26.2. The fraction of sp³-hybridized carbons (Fsp3) is 0.233. The van der Waals surface area contributed by atoms with Crippen molar-refractivity contribution in [1.82, 2.24) is 0 Å². The van der Waals surface area contributed by atoms with Crippen molar-refractivity contribution in [3.8, 4) is 17.2 Å². The third-order valence-corrected chi connectivity index (χ3v) is 11.6. The molecule has 1 saturated heterocycles. The molecule has 0 spiro atoms. The van der Waals surface area contributed by atoms with E-state index in [1.807, 2.05) is 42.5 Å². The Kier molecular flexibility index (Phi) is 8.13. The van der Waals surface area contributed by atoms with E-state index in [0.29, 0.717) is 16.7 Å². The quantitative estimate of drug-likeness (QED) is 0.171. The second kappa shape index (κ2) is 12.7. The van der Waals surface area contributed by atoms with E-state index in [0.717, 1.165) is 10.5 Å². The average Bonchev–Trinajstić information content (AvgIpc) is 3.44. The zero-order chi connectivity index (χ0) is 37.2. The van der Waals surface area contributed by atoms with Crippen molar-refractivity contribution in [2.75, 3.05) is 19.1 Å². The van der Waals surface area contributed by atoms with Gasteiger partial charge in [0.15, 0.2) is 23.1 Å². The summed E-state index contributed by atoms with van der Waals surface area (Å²) in [4.78, 5) is 71.7. The van der Waals surface area contributed by atoms with Crippen LogP contribution in [0.1, 0.15) is 45.8 Å². The molecule has 10 heteroatoms. The van der Waals surface area contributed by atoms with E-state index in [2.05, 4.69) is 0 Å². The lowest BCUT2D eigenvalue weighted by molar-refractivity contribution is -0.135. The van der Waals surface area contributed by atoms with Crippen LogP contribution in [-0.2, 0) is 24.6 Å². The van der Waals surface area contributed by atoms with Crippen LogP contribution in [-0.4, -0.2) is 53.8 Å². The number of amides is 2. The SMILES string of the molecule is COc1cc([C@H]2C3=CC[C@@H]4C(=O)N(c5ccc(C(=O)O)cc5)C(=O)[C@@H]4[C@@H]3C[C@H]3C(=O)C(c4ccccc4)=CC(=O)[C@@]23c2ccccc2)cc(OC)c1O. The fourth-order valence-corrected chi connectivity index (χ4v) is 9.34. The standard InChI is InChI=1S/C43H35NO9/c1-52-33-19-25(20-34(53-2)39(33)47)37-28-17-18-29-36(41(49)44(40(29)48)27-15-13-24(14-16-27)42(50)51)31(28)21-32-38(46)30(23-9-5-3-6-10-23)22-35(45)43(32,37)26-11-7-4-8-12-26/h3-17,19-20,22,29,31-32,36-37,47H,18,21H2,1-2H3,(H,50,51)/t29-,31+,32-,36-,37-,43-/m0/s1. The number of benzene rings is 4. The maximum Gasteiger partial charge on any atom is 0.335 e. The lowest BCUT2D eigenvalue weighted by Gasteiger charge is -2.55. The summed E-state index contributed by atoms with van der Waals surface area (Å²) in [6.07, 6.45) is 3.71. The van der Waals surface area contributed by atoms with Gasteiger partial charge in [-0.05, 0) is 77.9 Å². The minimum absolute atomic E-state index is 0.0177. The Bertz CT molecular complexity index is 2230. The van der Waals surface area contributed by atoms with Crippen LogP contribution in [0, 0.1) is 23.7 Å². The number of aromatic hydroxyl groups is 1. The van der Waals surface area contributed by atoms with Crippen molar-refractivity contribution in [2.45, 2.75) is 24.2 Å². The highest BCUT2D eigenvalue weighted by molar-refractivity contribution is 6.32. The van der Waals surface area contributed by atoms with Crippen LogP contribution in [0.4, 0.5) is 5.69 Å². The second-order valence-electron chi connectivity index (χ2n) is 13.9. The number of rotatable bonds is 7. The number of carboxylic acids is 1. The van der Waals surface area contributed by atoms with Gasteiger partial charge in [-0.25, -0.2) is 4.79 Å². The molecule has 10 nitrogen and oxygen atoms in total. The Hall–Kier alpha value is -6.29. The number of methoxy groups -OCH3 is 2. The minimum atomic E-state index is -1.48. The van der Waals surface area contributed by atoms with Gasteiger partial charge >= 0.3 is 5.97 Å². The number of fused-ring (bicyclic) bond motifs is 4. The fourth-order valence-electron chi connectivity index (χ4n) is 9.34. The number of carbonyl (C=O) groups is 5. The van der Waals surface area contributed by atoms with Crippen LogP contribution in [0.25, 0.3) is 5.57 Å². The third-order valence-electron chi connectivity index (χ3n) is 11.6. The zero-order valence-electron chi connectivity index (χ0n) is 28.9. The number of aromatic carboxylic acids is 1. The number of carboxylic acid groups (broad SMARTS) is 1. The predicted molar refractivity (Wildman–Crippen MR) is 194 cm³/mol. The van der Waals surface area contributed by atoms with Gasteiger partial charge in [0, 0.05) is 17.4 Å². The van der Waals surface area contributed by atoms with Crippen molar-refractivity contribution >= 4 is 40.6 Å². The third kappa shape index (κ3) is 4.96. The predicted octanol–water partition coefficient (Wildman–Crippen LogP) is 6.14. The Morgan fingerprint density at radius 3 is 2.04 bits per heavy atom. The van der Waals surface area contributed by atoms with Crippen molar-refractivity contribution in [3.05, 3.63) is 137 Å². The Labute approximate surface area is 305 Å². The summed E-state index contributed by atoms with van der Waals surface area (Å²) in [5.41, 5.74) is 1.58. The molecule has 53 heavy (non-hydrogen) atoms. The molecular formula is C43H35NO9. The highest BCUT2D eigenvalue weighted by atomic mass is 16.5. The van der Waals surface area contributed by atoms with Crippen molar-refractivity contribution < 1.29 is 43.7 Å². The van der Waals surface area contributed by atoms with Crippen LogP contribution >= 0.6 is 0 Å². The Morgan fingerprint density at radius 2 is 1.43 bits per heavy atom. The maximum absolute atomic E-state index is 15.2. The molecule has 0 radical (unpaired) electrons. The van der Waals surface area contributed by atoms with Crippen LogP contribution in [0.15, 0.2) is 115 Å². The smallest absolute Gasteiger partial charge is 0.335 e. The van der Waals surface area contributed by atoms with E-state index >= 15 is 9.59 Å². The molecule has 4 aromatic rings. The first-order valence-electron chi connectivity index (χ1n) is 17.4. The molecule has 266 valence electrons. The Balaban J connectivity index is 1.36. The second-order valence-corrected chi connectivity index (χ2v) is 13.9. The van der Waals surface area contributed by atoms with Gasteiger partial charge in [0.25, 0.3) is 0 Å². The summed E-state index contributed by atoms with van der Waals surface area (Å²) < 4.78 is 11.2. The molecule has 2 N–H and O–H groups in total. The average molecular weight is 710 g/mol. The zero-order valence-corrected chi connectivity index (χ0v) is 28.9. The molecule has 2 amide bonds. The summed E-state index contributed by atoms with van der Waals surface area (Å²) >= 11 is 0. The van der Waals surface area contributed by atoms with E-state index in [1.54, 1.807) is 36.4 Å². The first-order chi connectivity index (χ1) is 25.6. The highest BCUT2D eigenvalue weighted by Gasteiger charge is 2.66. The number of carbonyl (C=O) groups excluding carboxylic acids is 4. The molecule has 6 atom stereocenters. The van der Waals surface area contributed by atoms with Crippen LogP contribution in [0.5, 0.6) is 17.2 Å². The molecule has 1 heterocycles. The number of anilines is 1. The lowest BCUT2D eigenvalue weighted by atomic mass is 9.44. The number of ketones is 2. The van der Waals surface area contributed by atoms with Crippen molar-refractivity contribution in [1.29, 1.82) is 0 Å². The number of allylic oxidation sites excluding steroid dienone is 4. The monoisotopic (exact) mass is 709 g/mol. The van der Waals surface area contributed by atoms with E-state index in [-0.39, 0.29) is 58.5 Å². The molecule has 8 rings (SSSR count). The van der Waals surface area contributed by atoms with Crippen LogP contribution in [0.3, 0.4) is 0 Å². The number of Topliss-reactive ketones (excluding diaryl/α,β-unsaturated/α-hetero) is 1. The first-order valence-corrected chi connectivity index (χ1v) is 17.4. The number of phenolic OH excluding ortho intramolecular Hbond substituents is 1. The summed E-state index contributed by atoms with van der Waals surface area (Å²) in [5.74, 6) is -6.54. The first kappa shape index (κ1) is 33.8. The topological polar surface area (TPSA) is 148 Å². The van der Waals surface area contributed by atoms with Crippen LogP contribution < -0.4 is 14.4 Å². The molecule has 0 aromatic heterocycles. The number of hydrogen-bond donors (Lipinski definition) is 2. The molecule has 2 fully saturated rings. The van der Waals surface area contributed by atoms with Gasteiger partial charge in [0.05, 0.1) is 42.7 Å². The van der Waals surface area contributed by atoms with Crippen LogP contribution in [0.2, 0.25) is 0 Å². The summed E-state index contributed by atoms with van der Waals surface area (Å²) in [6.45, 7) is 0. The number of phenols is 1. The van der Waals surface area contributed by atoms with Gasteiger partial charge in [-0.1, -0.05) is 72.3 Å². The summed E-state index contributed by atoms with van der Waals surface area (Å²) in [5, 5.41) is 20.4. The molecule has 1 aliphatic heterocycles. The number of imide groups is 1. The lowest BCUT2D eigenvalue weighted by Crippen LogP contribution is -2.58. The van der Waals surface area contributed by atoms with Gasteiger partial charge < -0.3 is 19.7 Å². The number of hydrogen-bond acceptors (Lipinski definition) is 8. The molecule has 0 unspecified atom stereocenters. The molecular weight excluding hydrogens is 674 g/mol. The molecule has 3 aliphatic carbocycles. The minimum Gasteiger partial charge on any atom is -0.502 e. The molecule has 4 aromatic carbocycles. The van der Waals surface area contributed by atoms with E-state index in [1.165, 1.54) is 44.6 Å². The number of ether oxygens (including phenoxy) is 2. The van der Waals surface area contributed by atoms with Gasteiger partial charge in [-0.3, -0.25) is 24.1 Å². The van der Waals surface area contributed by atoms with E-state index < -0.39 is 52.8 Å². The van der Waals surface area contributed by atoms with Gasteiger partial charge in [0.1, 0.15) is 0 Å². The maximum atomic E-state index is 15.2. The van der Waals surface area contributed by atoms with E-state index in [9.17, 15) is 24.6 Å².